The first kappa shape index (κ1) is 20.0. The molecule has 144 valence electrons. The smallest absolute Gasteiger partial charge is 0.254 e. The zero-order valence-corrected chi connectivity index (χ0v) is 16.8. The summed E-state index contributed by atoms with van der Waals surface area (Å²) in [5, 5.41) is 8.91. The normalized spacial score (nSPS) is 10.3. The average Bonchev–Trinajstić information content (AvgIpc) is 2.75. The van der Waals surface area contributed by atoms with Gasteiger partial charge in [0.15, 0.2) is 5.78 Å². The summed E-state index contributed by atoms with van der Waals surface area (Å²) in [6, 6.07) is 21.7. The molecule has 0 aromatic heterocycles. The molecule has 0 N–H and O–H groups in total. The molecule has 0 aliphatic carbocycles. The molecule has 0 bridgehead atoms. The SMILES string of the molecule is Cc1ccc(C(=O)c2ccccc2C(=O)N(C)Cc2ccc(C#N)cc2)cc1C. The third kappa shape index (κ3) is 4.41. The Hall–Kier alpha value is -3.71. The zero-order valence-electron chi connectivity index (χ0n) is 16.8. The number of carbonyl (C=O) groups is 2. The fourth-order valence-electron chi connectivity index (χ4n) is 3.14. The van der Waals surface area contributed by atoms with Crippen molar-refractivity contribution >= 4 is 11.7 Å². The lowest BCUT2D eigenvalue weighted by atomic mass is 9.95. The molecule has 3 aromatic rings. The molecule has 29 heavy (non-hydrogen) atoms. The highest BCUT2D eigenvalue weighted by atomic mass is 16.2. The topological polar surface area (TPSA) is 61.2 Å². The van der Waals surface area contributed by atoms with Crippen molar-refractivity contribution in [2.24, 2.45) is 0 Å². The van der Waals surface area contributed by atoms with Crippen molar-refractivity contribution in [2.45, 2.75) is 20.4 Å². The number of hydrogen-bond donors (Lipinski definition) is 0. The van der Waals surface area contributed by atoms with Crippen LogP contribution in [0.25, 0.3) is 0 Å². The van der Waals surface area contributed by atoms with Gasteiger partial charge in [0, 0.05) is 24.7 Å². The van der Waals surface area contributed by atoms with Gasteiger partial charge in [0.25, 0.3) is 5.91 Å². The van der Waals surface area contributed by atoms with Gasteiger partial charge in [-0.2, -0.15) is 5.26 Å². The highest BCUT2D eigenvalue weighted by molar-refractivity contribution is 6.15. The van der Waals surface area contributed by atoms with E-state index in [0.29, 0.717) is 28.8 Å². The first-order chi connectivity index (χ1) is 13.9. The monoisotopic (exact) mass is 382 g/mol. The molecule has 1 amide bonds. The zero-order chi connectivity index (χ0) is 21.0. The summed E-state index contributed by atoms with van der Waals surface area (Å²) >= 11 is 0. The molecule has 0 unspecified atom stereocenters. The Bertz CT molecular complexity index is 1110. The number of carbonyl (C=O) groups excluding carboxylic acids is 2. The highest BCUT2D eigenvalue weighted by Gasteiger charge is 2.21. The molecular weight excluding hydrogens is 360 g/mol. The number of aryl methyl sites for hydroxylation is 2. The third-order valence-electron chi connectivity index (χ3n) is 5.02. The summed E-state index contributed by atoms with van der Waals surface area (Å²) in [4.78, 5) is 27.7. The van der Waals surface area contributed by atoms with Gasteiger partial charge < -0.3 is 4.90 Å². The number of benzene rings is 3. The average molecular weight is 382 g/mol. The molecular formula is C25H22N2O2. The second-order valence-electron chi connectivity index (χ2n) is 7.14. The number of ketones is 1. The van der Waals surface area contributed by atoms with Crippen molar-refractivity contribution in [3.63, 3.8) is 0 Å². The molecule has 0 radical (unpaired) electrons. The molecule has 4 heteroatoms. The van der Waals surface area contributed by atoms with Gasteiger partial charge in [-0.3, -0.25) is 9.59 Å². The molecule has 0 aliphatic rings. The first-order valence-electron chi connectivity index (χ1n) is 9.36. The lowest BCUT2D eigenvalue weighted by Gasteiger charge is -2.19. The van der Waals surface area contributed by atoms with Crippen molar-refractivity contribution in [1.82, 2.24) is 4.90 Å². The summed E-state index contributed by atoms with van der Waals surface area (Å²) in [5.41, 5.74) is 5.00. The quantitative estimate of drug-likeness (QED) is 0.602. The molecule has 0 heterocycles. The van der Waals surface area contributed by atoms with E-state index >= 15 is 0 Å². The van der Waals surface area contributed by atoms with Gasteiger partial charge in [0.2, 0.25) is 0 Å². The Morgan fingerprint density at radius 1 is 0.897 bits per heavy atom. The predicted molar refractivity (Wildman–Crippen MR) is 113 cm³/mol. The molecule has 0 aliphatic heterocycles. The van der Waals surface area contributed by atoms with E-state index in [4.69, 9.17) is 5.26 Å². The van der Waals surface area contributed by atoms with Crippen molar-refractivity contribution in [3.8, 4) is 6.07 Å². The lowest BCUT2D eigenvalue weighted by Crippen LogP contribution is -2.28. The largest absolute Gasteiger partial charge is 0.337 e. The van der Waals surface area contributed by atoms with Crippen LogP contribution in [-0.2, 0) is 6.54 Å². The minimum absolute atomic E-state index is 0.163. The molecule has 4 nitrogen and oxygen atoms in total. The van der Waals surface area contributed by atoms with E-state index < -0.39 is 0 Å². The second kappa shape index (κ2) is 8.53. The third-order valence-corrected chi connectivity index (χ3v) is 5.02. The Morgan fingerprint density at radius 3 is 2.17 bits per heavy atom. The van der Waals surface area contributed by atoms with E-state index in [1.165, 1.54) is 0 Å². The molecule has 0 saturated carbocycles. The first-order valence-corrected chi connectivity index (χ1v) is 9.36. The van der Waals surface area contributed by atoms with Gasteiger partial charge in [-0.05, 0) is 54.8 Å². The maximum Gasteiger partial charge on any atom is 0.254 e. The van der Waals surface area contributed by atoms with Crippen LogP contribution in [0.2, 0.25) is 0 Å². The predicted octanol–water partition coefficient (Wildman–Crippen LogP) is 4.68. The molecule has 3 aromatic carbocycles. The molecule has 3 rings (SSSR count). The number of hydrogen-bond acceptors (Lipinski definition) is 3. The Kier molecular flexibility index (Phi) is 5.90. The van der Waals surface area contributed by atoms with Crippen LogP contribution in [0.4, 0.5) is 0 Å². The van der Waals surface area contributed by atoms with Gasteiger partial charge in [-0.25, -0.2) is 0 Å². The van der Waals surface area contributed by atoms with Crippen LogP contribution in [0, 0.1) is 25.2 Å². The summed E-state index contributed by atoms with van der Waals surface area (Å²) in [5.74, 6) is -0.383. The van der Waals surface area contributed by atoms with Crippen LogP contribution in [0.5, 0.6) is 0 Å². The van der Waals surface area contributed by atoms with E-state index in [1.807, 2.05) is 38.1 Å². The summed E-state index contributed by atoms with van der Waals surface area (Å²) in [6.45, 7) is 4.35. The van der Waals surface area contributed by atoms with Crippen molar-refractivity contribution in [1.29, 1.82) is 5.26 Å². The summed E-state index contributed by atoms with van der Waals surface area (Å²) in [7, 11) is 1.71. The fourth-order valence-corrected chi connectivity index (χ4v) is 3.14. The molecule has 0 saturated heterocycles. The number of nitriles is 1. The number of rotatable bonds is 5. The van der Waals surface area contributed by atoms with E-state index in [-0.39, 0.29) is 11.7 Å². The van der Waals surface area contributed by atoms with Crippen molar-refractivity contribution in [3.05, 3.63) is 106 Å². The fraction of sp³-hybridized carbons (Fsp3) is 0.160. The van der Waals surface area contributed by atoms with Crippen LogP contribution in [0.1, 0.15) is 48.5 Å². The van der Waals surface area contributed by atoms with Crippen LogP contribution in [-0.4, -0.2) is 23.6 Å². The molecule has 0 atom stereocenters. The standard InChI is InChI=1S/C25H22N2O2/c1-17-8-13-21(14-18(17)2)24(28)22-6-4-5-7-23(22)25(29)27(3)16-20-11-9-19(15-26)10-12-20/h4-14H,16H2,1-3H3. The van der Waals surface area contributed by atoms with Gasteiger partial charge in [0.05, 0.1) is 17.2 Å². The van der Waals surface area contributed by atoms with Crippen LogP contribution < -0.4 is 0 Å². The summed E-state index contributed by atoms with van der Waals surface area (Å²) in [6.07, 6.45) is 0. The lowest BCUT2D eigenvalue weighted by molar-refractivity contribution is 0.0780. The number of nitrogens with zero attached hydrogens (tertiary/aromatic N) is 2. The van der Waals surface area contributed by atoms with Crippen LogP contribution in [0.3, 0.4) is 0 Å². The molecule has 0 fully saturated rings. The van der Waals surface area contributed by atoms with Crippen LogP contribution in [0.15, 0.2) is 66.7 Å². The van der Waals surface area contributed by atoms with E-state index in [9.17, 15) is 9.59 Å². The van der Waals surface area contributed by atoms with Gasteiger partial charge in [-0.1, -0.05) is 42.5 Å². The minimum Gasteiger partial charge on any atom is -0.337 e. The van der Waals surface area contributed by atoms with E-state index in [0.717, 1.165) is 16.7 Å². The molecule has 0 spiro atoms. The Balaban J connectivity index is 1.86. The van der Waals surface area contributed by atoms with Gasteiger partial charge >= 0.3 is 0 Å². The number of amides is 1. The van der Waals surface area contributed by atoms with Gasteiger partial charge in [0.1, 0.15) is 0 Å². The van der Waals surface area contributed by atoms with Crippen molar-refractivity contribution < 1.29 is 9.59 Å². The van der Waals surface area contributed by atoms with E-state index in [2.05, 4.69) is 6.07 Å². The maximum atomic E-state index is 13.1. The minimum atomic E-state index is -0.220. The van der Waals surface area contributed by atoms with Gasteiger partial charge in [-0.15, -0.1) is 0 Å². The Morgan fingerprint density at radius 2 is 1.55 bits per heavy atom. The maximum absolute atomic E-state index is 13.1. The Labute approximate surface area is 171 Å². The second-order valence-corrected chi connectivity index (χ2v) is 7.14. The van der Waals surface area contributed by atoms with E-state index in [1.54, 1.807) is 54.4 Å². The van der Waals surface area contributed by atoms with Crippen molar-refractivity contribution in [2.75, 3.05) is 7.05 Å². The highest BCUT2D eigenvalue weighted by Crippen LogP contribution is 2.19. The van der Waals surface area contributed by atoms with Crippen LogP contribution >= 0.6 is 0 Å². The summed E-state index contributed by atoms with van der Waals surface area (Å²) < 4.78 is 0.